The monoisotopic (exact) mass is 462 g/mol. The van der Waals surface area contributed by atoms with Crippen molar-refractivity contribution in [3.63, 3.8) is 0 Å². The predicted octanol–water partition coefficient (Wildman–Crippen LogP) is 3.45. The second-order valence-electron chi connectivity index (χ2n) is 8.87. The molecule has 5 rings (SSSR count). The number of halogens is 1. The molecule has 3 aromatic rings. The van der Waals surface area contributed by atoms with Crippen LogP contribution in [-0.2, 0) is 13.1 Å². The van der Waals surface area contributed by atoms with Gasteiger partial charge in [0.05, 0.1) is 4.92 Å². The number of rotatable bonds is 5. The number of carbonyl (C=O) groups excluding carboxylic acids is 1. The predicted molar refractivity (Wildman–Crippen MR) is 124 cm³/mol. The SMILES string of the molecule is O=C(NCc1ccc(F)cc1)c1ccc(N2CC3CC(C2)c2cccc(=O)n2C3)c([N+](=O)[O-])c1. The van der Waals surface area contributed by atoms with Gasteiger partial charge in [0.2, 0.25) is 0 Å². The maximum Gasteiger partial charge on any atom is 0.293 e. The molecule has 174 valence electrons. The molecule has 1 saturated heterocycles. The zero-order valence-corrected chi connectivity index (χ0v) is 18.3. The number of hydrogen-bond donors (Lipinski definition) is 1. The van der Waals surface area contributed by atoms with Crippen LogP contribution in [0.5, 0.6) is 0 Å². The molecule has 8 nitrogen and oxygen atoms in total. The lowest BCUT2D eigenvalue weighted by Crippen LogP contribution is -2.47. The van der Waals surface area contributed by atoms with Gasteiger partial charge in [0, 0.05) is 55.5 Å². The highest BCUT2D eigenvalue weighted by atomic mass is 19.1. The van der Waals surface area contributed by atoms with Crippen LogP contribution in [0.3, 0.4) is 0 Å². The summed E-state index contributed by atoms with van der Waals surface area (Å²) >= 11 is 0. The fraction of sp³-hybridized carbons (Fsp3) is 0.280. The number of nitro groups is 1. The summed E-state index contributed by atoms with van der Waals surface area (Å²) < 4.78 is 14.9. The van der Waals surface area contributed by atoms with Gasteiger partial charge in [-0.15, -0.1) is 0 Å². The van der Waals surface area contributed by atoms with Crippen molar-refractivity contribution >= 4 is 17.3 Å². The van der Waals surface area contributed by atoms with Gasteiger partial charge >= 0.3 is 0 Å². The Balaban J connectivity index is 1.37. The highest BCUT2D eigenvalue weighted by Gasteiger charge is 2.36. The maximum absolute atomic E-state index is 13.1. The van der Waals surface area contributed by atoms with Crippen LogP contribution in [-0.4, -0.2) is 28.5 Å². The standard InChI is InChI=1S/C25H23FN4O4/c26-20-7-4-16(5-8-20)12-27-25(32)18-6-9-22(23(11-18)30(33)34)28-13-17-10-19(15-28)21-2-1-3-24(31)29(21)14-17/h1-9,11,17,19H,10,12-15H2,(H,27,32). The molecule has 34 heavy (non-hydrogen) atoms. The first-order valence-corrected chi connectivity index (χ1v) is 11.1. The molecule has 3 heterocycles. The molecule has 2 aliphatic rings. The Morgan fingerprint density at radius 1 is 1.09 bits per heavy atom. The lowest BCUT2D eigenvalue weighted by atomic mass is 9.83. The Labute approximate surface area is 194 Å². The third kappa shape index (κ3) is 4.16. The van der Waals surface area contributed by atoms with Crippen molar-refractivity contribution in [2.24, 2.45) is 5.92 Å². The van der Waals surface area contributed by atoms with E-state index in [1.807, 2.05) is 15.5 Å². The van der Waals surface area contributed by atoms with Gasteiger partial charge in [-0.05, 0) is 48.2 Å². The summed E-state index contributed by atoms with van der Waals surface area (Å²) in [6.07, 6.45) is 0.942. The van der Waals surface area contributed by atoms with Crippen LogP contribution in [0.4, 0.5) is 15.8 Å². The number of aromatic nitrogens is 1. The Morgan fingerprint density at radius 3 is 2.65 bits per heavy atom. The van der Waals surface area contributed by atoms with Gasteiger partial charge in [-0.2, -0.15) is 0 Å². The molecule has 2 unspecified atom stereocenters. The van der Waals surface area contributed by atoms with Crippen LogP contribution < -0.4 is 15.8 Å². The van der Waals surface area contributed by atoms with E-state index in [1.54, 1.807) is 36.4 Å². The van der Waals surface area contributed by atoms with E-state index in [0.717, 1.165) is 17.7 Å². The summed E-state index contributed by atoms with van der Waals surface area (Å²) in [6.45, 7) is 1.95. The number of benzene rings is 2. The molecule has 0 spiro atoms. The largest absolute Gasteiger partial charge is 0.365 e. The van der Waals surface area contributed by atoms with Crippen molar-refractivity contribution < 1.29 is 14.1 Å². The normalized spacial score (nSPS) is 18.8. The molecule has 0 saturated carbocycles. The summed E-state index contributed by atoms with van der Waals surface area (Å²) in [5.74, 6) is -0.481. The van der Waals surface area contributed by atoms with Crippen LogP contribution in [0, 0.1) is 21.8 Å². The van der Waals surface area contributed by atoms with E-state index in [4.69, 9.17) is 0 Å². The zero-order valence-electron chi connectivity index (χ0n) is 18.3. The number of nitrogens with one attached hydrogen (secondary N) is 1. The molecule has 2 bridgehead atoms. The van der Waals surface area contributed by atoms with Crippen molar-refractivity contribution in [3.8, 4) is 0 Å². The van der Waals surface area contributed by atoms with Crippen LogP contribution in [0.1, 0.15) is 34.0 Å². The van der Waals surface area contributed by atoms with E-state index in [0.29, 0.717) is 25.3 Å². The van der Waals surface area contributed by atoms with Crippen LogP contribution in [0.25, 0.3) is 0 Å². The number of nitrogens with zero attached hydrogens (tertiary/aromatic N) is 3. The minimum absolute atomic E-state index is 0.0115. The third-order valence-corrected chi connectivity index (χ3v) is 6.62. The number of anilines is 1. The Hall–Kier alpha value is -4.01. The molecular weight excluding hydrogens is 439 g/mol. The first-order valence-electron chi connectivity index (χ1n) is 11.1. The van der Waals surface area contributed by atoms with E-state index in [1.165, 1.54) is 18.2 Å². The molecule has 2 aliphatic heterocycles. The smallest absolute Gasteiger partial charge is 0.293 e. The van der Waals surface area contributed by atoms with Gasteiger partial charge in [0.25, 0.3) is 17.2 Å². The average molecular weight is 462 g/mol. The molecule has 0 aliphatic carbocycles. The lowest BCUT2D eigenvalue weighted by molar-refractivity contribution is -0.384. The number of fused-ring (bicyclic) bond motifs is 4. The first kappa shape index (κ1) is 21.8. The minimum atomic E-state index is -0.463. The fourth-order valence-electron chi connectivity index (χ4n) is 5.06. The van der Waals surface area contributed by atoms with Crippen LogP contribution in [0.2, 0.25) is 0 Å². The quantitative estimate of drug-likeness (QED) is 0.463. The summed E-state index contributed by atoms with van der Waals surface area (Å²) in [7, 11) is 0. The Kier molecular flexibility index (Phi) is 5.61. The molecule has 2 atom stereocenters. The first-order chi connectivity index (χ1) is 16.4. The Bertz CT molecular complexity index is 1320. The molecule has 1 N–H and O–H groups in total. The number of piperidine rings is 1. The van der Waals surface area contributed by atoms with Crippen molar-refractivity contribution in [1.29, 1.82) is 0 Å². The lowest BCUT2D eigenvalue weighted by Gasteiger charge is -2.43. The second kappa shape index (κ2) is 8.74. The van der Waals surface area contributed by atoms with Crippen molar-refractivity contribution in [2.45, 2.75) is 25.4 Å². The fourth-order valence-corrected chi connectivity index (χ4v) is 5.06. The molecule has 1 fully saturated rings. The molecular formula is C25H23FN4O4. The summed E-state index contributed by atoms with van der Waals surface area (Å²) in [5, 5.41) is 14.6. The number of carbonyl (C=O) groups is 1. The van der Waals surface area contributed by atoms with E-state index in [9.17, 15) is 24.1 Å². The van der Waals surface area contributed by atoms with Crippen molar-refractivity contribution in [2.75, 3.05) is 18.0 Å². The topological polar surface area (TPSA) is 97.5 Å². The number of pyridine rings is 1. The maximum atomic E-state index is 13.1. The summed E-state index contributed by atoms with van der Waals surface area (Å²) in [4.78, 5) is 38.3. The number of hydrogen-bond acceptors (Lipinski definition) is 5. The highest BCUT2D eigenvalue weighted by Crippen LogP contribution is 2.39. The van der Waals surface area contributed by atoms with Gasteiger partial charge in [-0.25, -0.2) is 4.39 Å². The van der Waals surface area contributed by atoms with E-state index in [-0.39, 0.29) is 41.0 Å². The number of nitro benzene ring substituents is 1. The third-order valence-electron chi connectivity index (χ3n) is 6.62. The highest BCUT2D eigenvalue weighted by molar-refractivity contribution is 5.95. The summed E-state index contributed by atoms with van der Waals surface area (Å²) in [6, 6.07) is 15.6. The molecule has 9 heteroatoms. The molecule has 0 radical (unpaired) electrons. The second-order valence-corrected chi connectivity index (χ2v) is 8.87. The van der Waals surface area contributed by atoms with E-state index >= 15 is 0 Å². The van der Waals surface area contributed by atoms with Gasteiger partial charge in [-0.3, -0.25) is 19.7 Å². The van der Waals surface area contributed by atoms with Gasteiger partial charge in [0.1, 0.15) is 11.5 Å². The number of amides is 1. The molecule has 2 aromatic carbocycles. The van der Waals surface area contributed by atoms with Gasteiger partial charge in [-0.1, -0.05) is 18.2 Å². The van der Waals surface area contributed by atoms with Crippen molar-refractivity contribution in [1.82, 2.24) is 9.88 Å². The van der Waals surface area contributed by atoms with Gasteiger partial charge in [0.15, 0.2) is 0 Å². The van der Waals surface area contributed by atoms with Crippen LogP contribution >= 0.6 is 0 Å². The molecule has 1 amide bonds. The van der Waals surface area contributed by atoms with Gasteiger partial charge < -0.3 is 14.8 Å². The van der Waals surface area contributed by atoms with E-state index < -0.39 is 10.8 Å². The zero-order chi connectivity index (χ0) is 23.8. The minimum Gasteiger partial charge on any atom is -0.365 e. The summed E-state index contributed by atoms with van der Waals surface area (Å²) in [5.41, 5.74) is 2.21. The van der Waals surface area contributed by atoms with Crippen molar-refractivity contribution in [3.05, 3.63) is 104 Å². The molecule has 1 aromatic heterocycles. The van der Waals surface area contributed by atoms with Crippen LogP contribution in [0.15, 0.2) is 65.5 Å². The van der Waals surface area contributed by atoms with E-state index in [2.05, 4.69) is 5.32 Å². The Morgan fingerprint density at radius 2 is 1.88 bits per heavy atom. The average Bonchev–Trinajstić information content (AvgIpc) is 2.83.